The third kappa shape index (κ3) is 4.25. The van der Waals surface area contributed by atoms with Gasteiger partial charge in [-0.3, -0.25) is 4.79 Å². The molecule has 0 aliphatic rings. The molecular weight excluding hydrogens is 353 g/mol. The number of anilines is 1. The number of nitrogens with zero attached hydrogens (tertiary/aromatic N) is 1. The number of carbonyl (C=O) groups is 2. The first-order valence-corrected chi connectivity index (χ1v) is 6.83. The van der Waals surface area contributed by atoms with E-state index in [-0.39, 0.29) is 11.4 Å². The van der Waals surface area contributed by atoms with Gasteiger partial charge in [0.25, 0.3) is 5.91 Å². The monoisotopic (exact) mass is 362 g/mol. The number of nitrogens with one attached hydrogen (secondary N) is 1. The lowest BCUT2D eigenvalue weighted by Gasteiger charge is -2.14. The normalized spacial score (nSPS) is 12.5. The van der Waals surface area contributed by atoms with Gasteiger partial charge in [-0.25, -0.2) is 9.78 Å². The average Bonchev–Trinajstić information content (AvgIpc) is 3.02. The molecule has 10 heteroatoms. The topological polar surface area (TPSA) is 81.4 Å². The Balaban J connectivity index is 2.02. The molecule has 2 rings (SSSR count). The third-order valence-electron chi connectivity index (χ3n) is 2.82. The molecule has 0 spiro atoms. The number of amides is 1. The number of halogens is 4. The summed E-state index contributed by atoms with van der Waals surface area (Å²) >= 11 is 5.67. The summed E-state index contributed by atoms with van der Waals surface area (Å²) in [7, 11) is 0. The van der Waals surface area contributed by atoms with Crippen molar-refractivity contribution in [2.45, 2.75) is 19.2 Å². The molecule has 1 atom stereocenters. The van der Waals surface area contributed by atoms with Crippen molar-refractivity contribution in [1.82, 2.24) is 4.98 Å². The molecule has 0 unspecified atom stereocenters. The number of furan rings is 1. The van der Waals surface area contributed by atoms with Gasteiger partial charge in [0, 0.05) is 6.20 Å². The van der Waals surface area contributed by atoms with Gasteiger partial charge in [-0.05, 0) is 19.1 Å². The number of hydrogen-bond donors (Lipinski definition) is 1. The van der Waals surface area contributed by atoms with E-state index in [1.54, 1.807) is 0 Å². The number of alkyl halides is 3. The van der Waals surface area contributed by atoms with Crippen LogP contribution in [-0.2, 0) is 15.7 Å². The molecule has 0 fully saturated rings. The van der Waals surface area contributed by atoms with Gasteiger partial charge >= 0.3 is 12.1 Å². The summed E-state index contributed by atoms with van der Waals surface area (Å²) in [5.41, 5.74) is -0.940. The van der Waals surface area contributed by atoms with E-state index in [0.717, 1.165) is 6.26 Å². The highest BCUT2D eigenvalue weighted by molar-refractivity contribution is 6.33. The van der Waals surface area contributed by atoms with Crippen LogP contribution < -0.4 is 5.32 Å². The van der Waals surface area contributed by atoms with Crippen LogP contribution in [0.15, 0.2) is 35.3 Å². The minimum absolute atomic E-state index is 0.111. The number of carbonyl (C=O) groups excluding carboxylic acids is 2. The van der Waals surface area contributed by atoms with Crippen LogP contribution in [0.5, 0.6) is 0 Å². The number of rotatable bonds is 4. The largest absolute Gasteiger partial charge is 0.472 e. The molecular formula is C14H10ClF3N2O4. The van der Waals surface area contributed by atoms with Crippen molar-refractivity contribution in [2.24, 2.45) is 0 Å². The summed E-state index contributed by atoms with van der Waals surface area (Å²) in [4.78, 5) is 27.0. The van der Waals surface area contributed by atoms with Crippen LogP contribution in [0, 0.1) is 0 Å². The fraction of sp³-hybridized carbons (Fsp3) is 0.214. The number of hydrogen-bond acceptors (Lipinski definition) is 5. The molecule has 24 heavy (non-hydrogen) atoms. The predicted octanol–water partition coefficient (Wildman–Crippen LogP) is 3.53. The Morgan fingerprint density at radius 1 is 1.42 bits per heavy atom. The molecule has 0 saturated carbocycles. The zero-order valence-electron chi connectivity index (χ0n) is 12.1. The van der Waals surface area contributed by atoms with Crippen LogP contribution in [0.25, 0.3) is 0 Å². The quantitative estimate of drug-likeness (QED) is 0.841. The molecule has 0 aromatic carbocycles. The average molecular weight is 363 g/mol. The van der Waals surface area contributed by atoms with Crippen molar-refractivity contribution in [1.29, 1.82) is 0 Å². The second-order valence-corrected chi connectivity index (χ2v) is 5.01. The van der Waals surface area contributed by atoms with Gasteiger partial charge in [-0.1, -0.05) is 11.6 Å². The standard InChI is InChI=1S/C14H10ClF3N2O4/c1-7(24-13(22)8-2-3-23-6-8)12(21)20-11-10(15)4-9(5-19-11)14(16,17)18/h2-7H,1H3,(H,19,20,21)/t7-/m1/s1. The highest BCUT2D eigenvalue weighted by Crippen LogP contribution is 2.32. The smallest absolute Gasteiger partial charge is 0.417 e. The number of ether oxygens (including phenoxy) is 1. The van der Waals surface area contributed by atoms with Gasteiger partial charge in [-0.2, -0.15) is 13.2 Å². The summed E-state index contributed by atoms with van der Waals surface area (Å²) in [6.07, 6.45) is -2.90. The van der Waals surface area contributed by atoms with E-state index in [0.29, 0.717) is 12.3 Å². The molecule has 1 N–H and O–H groups in total. The molecule has 128 valence electrons. The van der Waals surface area contributed by atoms with Crippen molar-refractivity contribution >= 4 is 29.3 Å². The van der Waals surface area contributed by atoms with Crippen LogP contribution >= 0.6 is 11.6 Å². The van der Waals surface area contributed by atoms with E-state index in [9.17, 15) is 22.8 Å². The first-order valence-electron chi connectivity index (χ1n) is 6.45. The SMILES string of the molecule is C[C@@H](OC(=O)c1ccoc1)C(=O)Nc1ncc(C(F)(F)F)cc1Cl. The van der Waals surface area contributed by atoms with Crippen molar-refractivity contribution in [2.75, 3.05) is 5.32 Å². The van der Waals surface area contributed by atoms with Crippen LogP contribution in [0.2, 0.25) is 5.02 Å². The second kappa shape index (κ2) is 6.91. The Labute approximate surface area is 138 Å². The first-order chi connectivity index (χ1) is 11.2. The van der Waals surface area contributed by atoms with E-state index in [1.807, 2.05) is 0 Å². The Morgan fingerprint density at radius 3 is 2.67 bits per heavy atom. The molecule has 0 saturated heterocycles. The molecule has 1 amide bonds. The molecule has 2 aromatic rings. The maximum atomic E-state index is 12.5. The zero-order chi connectivity index (χ0) is 17.9. The fourth-order valence-corrected chi connectivity index (χ4v) is 1.78. The van der Waals surface area contributed by atoms with Crippen molar-refractivity contribution < 1.29 is 31.9 Å². The van der Waals surface area contributed by atoms with Crippen LogP contribution in [-0.4, -0.2) is 23.0 Å². The fourth-order valence-electron chi connectivity index (χ4n) is 1.57. The summed E-state index contributed by atoms with van der Waals surface area (Å²) in [6.45, 7) is 1.28. The summed E-state index contributed by atoms with van der Waals surface area (Å²) in [6, 6.07) is 1.98. The Kier molecular flexibility index (Phi) is 5.13. The van der Waals surface area contributed by atoms with Gasteiger partial charge in [0.05, 0.1) is 22.4 Å². The third-order valence-corrected chi connectivity index (χ3v) is 3.11. The number of aromatic nitrogens is 1. The number of esters is 1. The van der Waals surface area contributed by atoms with Crippen LogP contribution in [0.1, 0.15) is 22.8 Å². The van der Waals surface area contributed by atoms with Gasteiger partial charge in [0.15, 0.2) is 11.9 Å². The Bertz CT molecular complexity index is 747. The van der Waals surface area contributed by atoms with Gasteiger partial charge in [0.1, 0.15) is 6.26 Å². The second-order valence-electron chi connectivity index (χ2n) is 4.60. The highest BCUT2D eigenvalue weighted by atomic mass is 35.5. The number of pyridine rings is 1. The molecule has 0 aliphatic carbocycles. The van der Waals surface area contributed by atoms with Crippen LogP contribution in [0.4, 0.5) is 19.0 Å². The molecule has 2 aromatic heterocycles. The molecule has 2 heterocycles. The van der Waals surface area contributed by atoms with Crippen molar-refractivity contribution in [3.05, 3.63) is 47.0 Å². The first kappa shape index (κ1) is 17.8. The Morgan fingerprint density at radius 2 is 2.12 bits per heavy atom. The maximum absolute atomic E-state index is 12.5. The zero-order valence-corrected chi connectivity index (χ0v) is 12.8. The van der Waals surface area contributed by atoms with E-state index < -0.39 is 34.7 Å². The van der Waals surface area contributed by atoms with E-state index in [2.05, 4.69) is 10.3 Å². The van der Waals surface area contributed by atoms with Crippen LogP contribution in [0.3, 0.4) is 0 Å². The van der Waals surface area contributed by atoms with E-state index >= 15 is 0 Å². The lowest BCUT2D eigenvalue weighted by molar-refractivity contribution is -0.137. The molecule has 0 radical (unpaired) electrons. The van der Waals surface area contributed by atoms with Crippen molar-refractivity contribution in [3.63, 3.8) is 0 Å². The summed E-state index contributed by atoms with van der Waals surface area (Å²) in [5.74, 6) is -1.88. The molecule has 6 nitrogen and oxygen atoms in total. The minimum Gasteiger partial charge on any atom is -0.472 e. The lowest BCUT2D eigenvalue weighted by atomic mass is 10.2. The van der Waals surface area contributed by atoms with Gasteiger partial charge in [-0.15, -0.1) is 0 Å². The Hall–Kier alpha value is -2.55. The van der Waals surface area contributed by atoms with E-state index in [1.165, 1.54) is 19.3 Å². The highest BCUT2D eigenvalue weighted by Gasteiger charge is 2.32. The molecule has 0 aliphatic heterocycles. The summed E-state index contributed by atoms with van der Waals surface area (Å²) < 4.78 is 47.1. The molecule has 0 bridgehead atoms. The lowest BCUT2D eigenvalue weighted by Crippen LogP contribution is -2.30. The van der Waals surface area contributed by atoms with E-state index in [4.69, 9.17) is 20.8 Å². The van der Waals surface area contributed by atoms with Gasteiger partial charge < -0.3 is 14.5 Å². The predicted molar refractivity (Wildman–Crippen MR) is 76.5 cm³/mol. The maximum Gasteiger partial charge on any atom is 0.417 e. The van der Waals surface area contributed by atoms with Crippen molar-refractivity contribution in [3.8, 4) is 0 Å². The summed E-state index contributed by atoms with van der Waals surface area (Å²) in [5, 5.41) is 1.79. The van der Waals surface area contributed by atoms with Gasteiger partial charge in [0.2, 0.25) is 0 Å². The minimum atomic E-state index is -4.60.